The maximum Gasteiger partial charge on any atom is 0.270 e. The number of benzene rings is 2. The van der Waals surface area contributed by atoms with Crippen LogP contribution in [0.25, 0.3) is 5.57 Å². The number of nitrogens with zero attached hydrogens (tertiary/aromatic N) is 2. The number of carbonyl (C=O) groups is 1. The van der Waals surface area contributed by atoms with Crippen LogP contribution in [0.4, 0.5) is 11.4 Å². The first kappa shape index (κ1) is 19.7. The molecule has 0 saturated heterocycles. The van der Waals surface area contributed by atoms with E-state index in [1.807, 2.05) is 37.8 Å². The van der Waals surface area contributed by atoms with Crippen molar-refractivity contribution >= 4 is 40.2 Å². The molecule has 0 aromatic heterocycles. The molecule has 144 valence electrons. The number of fused-ring (bicyclic) bond motifs is 1. The van der Waals surface area contributed by atoms with Crippen molar-refractivity contribution in [1.29, 1.82) is 0 Å². The van der Waals surface area contributed by atoms with Crippen LogP contribution >= 0.6 is 12.2 Å². The van der Waals surface area contributed by atoms with Gasteiger partial charge in [0.25, 0.3) is 11.6 Å². The van der Waals surface area contributed by atoms with Gasteiger partial charge < -0.3 is 4.90 Å². The molecule has 6 nitrogen and oxygen atoms in total. The number of nitro groups is 1. The molecule has 0 radical (unpaired) electrons. The van der Waals surface area contributed by atoms with E-state index in [0.717, 1.165) is 22.4 Å². The maximum absolute atomic E-state index is 12.7. The van der Waals surface area contributed by atoms with Crippen LogP contribution in [0.3, 0.4) is 0 Å². The number of thiocarbonyl (C=S) groups is 1. The van der Waals surface area contributed by atoms with Crippen molar-refractivity contribution in [3.63, 3.8) is 0 Å². The molecule has 0 bridgehead atoms. The van der Waals surface area contributed by atoms with Gasteiger partial charge in [-0.05, 0) is 63.7 Å². The molecule has 2 aromatic carbocycles. The molecule has 0 aliphatic carbocycles. The second-order valence-corrected chi connectivity index (χ2v) is 7.79. The van der Waals surface area contributed by atoms with Crippen LogP contribution in [-0.2, 0) is 0 Å². The molecule has 1 amide bonds. The van der Waals surface area contributed by atoms with Crippen molar-refractivity contribution in [2.75, 3.05) is 4.90 Å². The Bertz CT molecular complexity index is 1030. The molecule has 0 fully saturated rings. The van der Waals surface area contributed by atoms with Gasteiger partial charge in [0.2, 0.25) is 0 Å². The Hall–Kier alpha value is -3.06. The van der Waals surface area contributed by atoms with E-state index in [-0.39, 0.29) is 16.4 Å². The first-order valence-corrected chi connectivity index (χ1v) is 9.21. The zero-order chi connectivity index (χ0) is 20.6. The minimum absolute atomic E-state index is 0.142. The number of aryl methyl sites for hydroxylation is 1. The van der Waals surface area contributed by atoms with E-state index in [1.54, 1.807) is 0 Å². The second-order valence-electron chi connectivity index (χ2n) is 7.40. The standard InChI is InChI=1S/C21H21N3O3S/c1-13-8-9-18-17(10-13)14(2)12-21(3,4)23(18)20(28)22-19(25)15-6-5-7-16(11-15)24(26)27/h5-12H,1-4H3,(H,22,25,28). The number of non-ortho nitro benzene ring substituents is 1. The number of nitrogens with one attached hydrogen (secondary N) is 1. The summed E-state index contributed by atoms with van der Waals surface area (Å²) in [4.78, 5) is 25.0. The minimum atomic E-state index is -0.533. The van der Waals surface area contributed by atoms with Crippen LogP contribution in [0, 0.1) is 17.0 Å². The Morgan fingerprint density at radius 2 is 1.89 bits per heavy atom. The van der Waals surface area contributed by atoms with Crippen LogP contribution in [0.5, 0.6) is 0 Å². The summed E-state index contributed by atoms with van der Waals surface area (Å²) in [6.07, 6.45) is 2.11. The number of rotatable bonds is 2. The number of hydrogen-bond acceptors (Lipinski definition) is 4. The smallest absolute Gasteiger partial charge is 0.270 e. The van der Waals surface area contributed by atoms with Crippen molar-refractivity contribution in [2.24, 2.45) is 0 Å². The summed E-state index contributed by atoms with van der Waals surface area (Å²) in [5, 5.41) is 13.9. The molecule has 0 saturated carbocycles. The first-order valence-electron chi connectivity index (χ1n) is 8.80. The summed E-state index contributed by atoms with van der Waals surface area (Å²) in [6.45, 7) is 8.12. The molecule has 0 atom stereocenters. The highest BCUT2D eigenvalue weighted by Crippen LogP contribution is 2.39. The molecule has 0 spiro atoms. The van der Waals surface area contributed by atoms with E-state index in [4.69, 9.17) is 12.2 Å². The lowest BCUT2D eigenvalue weighted by molar-refractivity contribution is -0.384. The van der Waals surface area contributed by atoms with Crippen LogP contribution in [0.2, 0.25) is 0 Å². The fourth-order valence-corrected chi connectivity index (χ4v) is 3.93. The van der Waals surface area contributed by atoms with E-state index in [2.05, 4.69) is 24.4 Å². The van der Waals surface area contributed by atoms with Gasteiger partial charge in [-0.15, -0.1) is 0 Å². The number of allylic oxidation sites excluding steroid dienone is 1. The predicted octanol–water partition coefficient (Wildman–Crippen LogP) is 4.62. The average molecular weight is 395 g/mol. The third-order valence-electron chi connectivity index (χ3n) is 4.71. The van der Waals surface area contributed by atoms with Gasteiger partial charge in [-0.1, -0.05) is 23.8 Å². The molecular weight excluding hydrogens is 374 g/mol. The molecule has 1 aliphatic heterocycles. The van der Waals surface area contributed by atoms with Gasteiger partial charge in [-0.3, -0.25) is 20.2 Å². The lowest BCUT2D eigenvalue weighted by atomic mass is 9.88. The van der Waals surface area contributed by atoms with Crippen molar-refractivity contribution in [1.82, 2.24) is 5.32 Å². The summed E-state index contributed by atoms with van der Waals surface area (Å²) in [5.41, 5.74) is 3.86. The molecule has 3 rings (SSSR count). The van der Waals surface area contributed by atoms with Crippen LogP contribution in [0.15, 0.2) is 48.5 Å². The lowest BCUT2D eigenvalue weighted by Crippen LogP contribution is -2.54. The highest BCUT2D eigenvalue weighted by molar-refractivity contribution is 7.80. The summed E-state index contributed by atoms with van der Waals surface area (Å²) >= 11 is 5.56. The minimum Gasteiger partial charge on any atom is -0.309 e. The molecule has 1 heterocycles. The van der Waals surface area contributed by atoms with Gasteiger partial charge in [0.05, 0.1) is 16.1 Å². The normalized spacial score (nSPS) is 14.7. The Morgan fingerprint density at radius 1 is 1.18 bits per heavy atom. The predicted molar refractivity (Wildman–Crippen MR) is 115 cm³/mol. The van der Waals surface area contributed by atoms with Gasteiger partial charge in [0.15, 0.2) is 5.11 Å². The van der Waals surface area contributed by atoms with Gasteiger partial charge in [-0.2, -0.15) is 0 Å². The number of carbonyl (C=O) groups excluding carboxylic acids is 1. The molecular formula is C21H21N3O3S. The fraction of sp³-hybridized carbons (Fsp3) is 0.238. The lowest BCUT2D eigenvalue weighted by Gasteiger charge is -2.43. The van der Waals surface area contributed by atoms with Crippen molar-refractivity contribution in [3.05, 3.63) is 75.3 Å². The van der Waals surface area contributed by atoms with Crippen molar-refractivity contribution in [2.45, 2.75) is 33.2 Å². The number of anilines is 1. The van der Waals surface area contributed by atoms with Crippen LogP contribution in [-0.4, -0.2) is 21.5 Å². The maximum atomic E-state index is 12.7. The molecule has 28 heavy (non-hydrogen) atoms. The second kappa shape index (κ2) is 7.16. The number of nitro benzene ring substituents is 1. The van der Waals surface area contributed by atoms with Gasteiger partial charge in [0.1, 0.15) is 0 Å². The first-order chi connectivity index (χ1) is 13.1. The van der Waals surface area contributed by atoms with Crippen LogP contribution in [0.1, 0.15) is 42.3 Å². The van der Waals surface area contributed by atoms with Crippen molar-refractivity contribution in [3.8, 4) is 0 Å². The summed E-state index contributed by atoms with van der Waals surface area (Å²) < 4.78 is 0. The van der Waals surface area contributed by atoms with Gasteiger partial charge in [-0.25, -0.2) is 0 Å². The third kappa shape index (κ3) is 3.66. The number of amides is 1. The van der Waals surface area contributed by atoms with Crippen LogP contribution < -0.4 is 10.2 Å². The summed E-state index contributed by atoms with van der Waals surface area (Å²) in [7, 11) is 0. The highest BCUT2D eigenvalue weighted by Gasteiger charge is 2.34. The fourth-order valence-electron chi connectivity index (χ4n) is 3.50. The van der Waals surface area contributed by atoms with Gasteiger partial charge >= 0.3 is 0 Å². The van der Waals surface area contributed by atoms with Crippen molar-refractivity contribution < 1.29 is 9.72 Å². The molecule has 2 aromatic rings. The molecule has 0 unspecified atom stereocenters. The summed E-state index contributed by atoms with van der Waals surface area (Å²) in [5.74, 6) is -0.482. The zero-order valence-electron chi connectivity index (χ0n) is 16.1. The Balaban J connectivity index is 1.93. The summed E-state index contributed by atoms with van der Waals surface area (Å²) in [6, 6.07) is 11.7. The third-order valence-corrected chi connectivity index (χ3v) is 4.99. The van der Waals surface area contributed by atoms with E-state index < -0.39 is 16.4 Å². The van der Waals surface area contributed by atoms with Gasteiger partial charge in [0, 0.05) is 23.3 Å². The number of hydrogen-bond donors (Lipinski definition) is 1. The largest absolute Gasteiger partial charge is 0.309 e. The quantitative estimate of drug-likeness (QED) is 0.456. The Morgan fingerprint density at radius 3 is 2.57 bits per heavy atom. The highest BCUT2D eigenvalue weighted by atomic mass is 32.1. The average Bonchev–Trinajstić information content (AvgIpc) is 2.61. The molecule has 7 heteroatoms. The van der Waals surface area contributed by atoms with E-state index in [0.29, 0.717) is 0 Å². The topological polar surface area (TPSA) is 75.5 Å². The molecule has 1 aliphatic rings. The monoisotopic (exact) mass is 395 g/mol. The zero-order valence-corrected chi connectivity index (χ0v) is 17.0. The van der Waals surface area contributed by atoms with E-state index >= 15 is 0 Å². The Kier molecular flexibility index (Phi) is 5.04. The van der Waals surface area contributed by atoms with E-state index in [1.165, 1.54) is 24.3 Å². The Labute approximate surface area is 169 Å². The van der Waals surface area contributed by atoms with E-state index in [9.17, 15) is 14.9 Å². The SMILES string of the molecule is CC1=CC(C)(C)N(C(=S)NC(=O)c2cccc([N+](=O)[O-])c2)c2ccc(C)cc21. The molecule has 1 N–H and O–H groups in total.